The van der Waals surface area contributed by atoms with Crippen LogP contribution in [0.4, 0.5) is 5.69 Å². The third-order valence-electron chi connectivity index (χ3n) is 5.03. The Hall–Kier alpha value is -3.58. The minimum absolute atomic E-state index is 0.177. The van der Waals surface area contributed by atoms with Crippen LogP contribution in [0.25, 0.3) is 0 Å². The smallest absolute Gasteiger partial charge is 0.278 e. The Bertz CT molecular complexity index is 1260. The maximum atomic E-state index is 12.8. The summed E-state index contributed by atoms with van der Waals surface area (Å²) in [7, 11) is 0. The second kappa shape index (κ2) is 9.28. The van der Waals surface area contributed by atoms with Gasteiger partial charge in [0.1, 0.15) is 18.1 Å². The first-order valence-electron chi connectivity index (χ1n) is 10.1. The molecule has 0 spiro atoms. The molecule has 0 aliphatic heterocycles. The molecule has 2 aromatic heterocycles. The van der Waals surface area contributed by atoms with Crippen LogP contribution < -0.4 is 10.1 Å². The molecule has 0 aliphatic rings. The standard InChI is InChI=1S/C24H23ClN4O3/c1-15-7-8-22(16(2)9-15)31-14-21-17(3)32-28-23(21)24(30)27-20-11-26-29(13-20)12-18-5-4-6-19(25)10-18/h4-11,13H,12,14H2,1-3H3,(H,27,30). The molecule has 0 saturated carbocycles. The third kappa shape index (κ3) is 5.00. The molecule has 164 valence electrons. The molecular formula is C24H23ClN4O3. The number of ether oxygens (including phenoxy) is 1. The number of aromatic nitrogens is 3. The van der Waals surface area contributed by atoms with Gasteiger partial charge in [-0.3, -0.25) is 9.48 Å². The molecular weight excluding hydrogens is 428 g/mol. The molecule has 2 heterocycles. The molecule has 1 N–H and O–H groups in total. The average Bonchev–Trinajstić information content (AvgIpc) is 3.33. The fourth-order valence-corrected chi connectivity index (χ4v) is 3.59. The zero-order valence-corrected chi connectivity index (χ0v) is 18.8. The Labute approximate surface area is 190 Å². The van der Waals surface area contributed by atoms with E-state index in [2.05, 4.69) is 15.6 Å². The van der Waals surface area contributed by atoms with Gasteiger partial charge in [-0.15, -0.1) is 0 Å². The maximum Gasteiger partial charge on any atom is 0.278 e. The Morgan fingerprint density at radius 2 is 2.03 bits per heavy atom. The average molecular weight is 451 g/mol. The van der Waals surface area contributed by atoms with E-state index in [4.69, 9.17) is 20.9 Å². The van der Waals surface area contributed by atoms with Crippen molar-refractivity contribution in [3.05, 3.63) is 93.6 Å². The number of nitrogens with one attached hydrogen (secondary N) is 1. The normalized spacial score (nSPS) is 10.9. The van der Waals surface area contributed by atoms with Crippen molar-refractivity contribution in [2.75, 3.05) is 5.32 Å². The molecule has 0 atom stereocenters. The van der Waals surface area contributed by atoms with E-state index in [1.54, 1.807) is 24.0 Å². The molecule has 0 radical (unpaired) electrons. The Morgan fingerprint density at radius 1 is 1.19 bits per heavy atom. The van der Waals surface area contributed by atoms with Gasteiger partial charge in [0.15, 0.2) is 5.69 Å². The first-order chi connectivity index (χ1) is 15.4. The molecule has 0 saturated heterocycles. The molecule has 32 heavy (non-hydrogen) atoms. The van der Waals surface area contributed by atoms with Gasteiger partial charge in [0, 0.05) is 11.2 Å². The topological polar surface area (TPSA) is 82.2 Å². The van der Waals surface area contributed by atoms with Crippen LogP contribution in [0.15, 0.2) is 59.4 Å². The lowest BCUT2D eigenvalue weighted by Gasteiger charge is -2.10. The Kier molecular flexibility index (Phi) is 6.28. The first-order valence-corrected chi connectivity index (χ1v) is 10.5. The summed E-state index contributed by atoms with van der Waals surface area (Å²) in [6.07, 6.45) is 3.33. The van der Waals surface area contributed by atoms with E-state index in [9.17, 15) is 4.79 Å². The number of benzene rings is 2. The van der Waals surface area contributed by atoms with E-state index in [1.165, 1.54) is 0 Å². The predicted molar refractivity (Wildman–Crippen MR) is 122 cm³/mol. The van der Waals surface area contributed by atoms with Crippen LogP contribution in [0.2, 0.25) is 5.02 Å². The lowest BCUT2D eigenvalue weighted by atomic mass is 10.1. The summed E-state index contributed by atoms with van der Waals surface area (Å²) < 4.78 is 12.9. The second-order valence-corrected chi connectivity index (χ2v) is 8.07. The number of hydrogen-bond donors (Lipinski definition) is 1. The van der Waals surface area contributed by atoms with Crippen molar-refractivity contribution in [1.82, 2.24) is 14.9 Å². The highest BCUT2D eigenvalue weighted by Crippen LogP contribution is 2.23. The van der Waals surface area contributed by atoms with Crippen LogP contribution in [-0.2, 0) is 13.2 Å². The largest absolute Gasteiger partial charge is 0.488 e. The van der Waals surface area contributed by atoms with Gasteiger partial charge in [0.2, 0.25) is 0 Å². The Balaban J connectivity index is 1.43. The first kappa shape index (κ1) is 21.6. The molecule has 0 aliphatic carbocycles. The highest BCUT2D eigenvalue weighted by atomic mass is 35.5. The van der Waals surface area contributed by atoms with E-state index in [1.807, 2.05) is 56.3 Å². The number of amides is 1. The van der Waals surface area contributed by atoms with E-state index in [0.29, 0.717) is 28.6 Å². The van der Waals surface area contributed by atoms with Gasteiger partial charge in [-0.2, -0.15) is 5.10 Å². The SMILES string of the molecule is Cc1ccc(OCc2c(C(=O)Nc3cnn(Cc4cccc(Cl)c4)c3)noc2C)c(C)c1. The summed E-state index contributed by atoms with van der Waals surface area (Å²) in [5.41, 5.74) is 4.54. The van der Waals surface area contributed by atoms with Gasteiger partial charge < -0.3 is 14.6 Å². The number of carbonyl (C=O) groups is 1. The number of rotatable bonds is 7. The summed E-state index contributed by atoms with van der Waals surface area (Å²) in [6, 6.07) is 13.5. The lowest BCUT2D eigenvalue weighted by Crippen LogP contribution is -2.15. The number of anilines is 1. The zero-order valence-electron chi connectivity index (χ0n) is 18.1. The van der Waals surface area contributed by atoms with Crippen LogP contribution in [0.1, 0.15) is 38.5 Å². The van der Waals surface area contributed by atoms with E-state index in [-0.39, 0.29) is 18.2 Å². The summed E-state index contributed by atoms with van der Waals surface area (Å²) in [5.74, 6) is 0.907. The number of carbonyl (C=O) groups excluding carboxylic acids is 1. The van der Waals surface area contributed by atoms with Gasteiger partial charge >= 0.3 is 0 Å². The molecule has 7 nitrogen and oxygen atoms in total. The molecule has 2 aromatic carbocycles. The van der Waals surface area contributed by atoms with Crippen LogP contribution in [0.3, 0.4) is 0 Å². The molecule has 1 amide bonds. The monoisotopic (exact) mass is 450 g/mol. The Morgan fingerprint density at radius 3 is 2.81 bits per heavy atom. The molecule has 0 bridgehead atoms. The molecule has 8 heteroatoms. The molecule has 0 fully saturated rings. The van der Waals surface area contributed by atoms with E-state index >= 15 is 0 Å². The van der Waals surface area contributed by atoms with Crippen LogP contribution in [0, 0.1) is 20.8 Å². The third-order valence-corrected chi connectivity index (χ3v) is 5.26. The quantitative estimate of drug-likeness (QED) is 0.411. The van der Waals surface area contributed by atoms with Gasteiger partial charge in [-0.25, -0.2) is 0 Å². The van der Waals surface area contributed by atoms with E-state index in [0.717, 1.165) is 22.4 Å². The molecule has 0 unspecified atom stereocenters. The fourth-order valence-electron chi connectivity index (χ4n) is 3.38. The lowest BCUT2D eigenvalue weighted by molar-refractivity contribution is 0.101. The second-order valence-electron chi connectivity index (χ2n) is 7.63. The molecule has 4 rings (SSSR count). The van der Waals surface area contributed by atoms with Crippen molar-refractivity contribution < 1.29 is 14.1 Å². The van der Waals surface area contributed by atoms with E-state index < -0.39 is 0 Å². The summed E-state index contributed by atoms with van der Waals surface area (Å²) >= 11 is 6.04. The van der Waals surface area contributed by atoms with Crippen molar-refractivity contribution in [1.29, 1.82) is 0 Å². The van der Waals surface area contributed by atoms with Gasteiger partial charge in [0.25, 0.3) is 5.91 Å². The van der Waals surface area contributed by atoms with Crippen molar-refractivity contribution in [2.24, 2.45) is 0 Å². The number of nitrogens with zero attached hydrogens (tertiary/aromatic N) is 3. The minimum Gasteiger partial charge on any atom is -0.488 e. The minimum atomic E-state index is -0.386. The van der Waals surface area contributed by atoms with Gasteiger partial charge in [0.05, 0.1) is 24.0 Å². The van der Waals surface area contributed by atoms with Crippen molar-refractivity contribution in [3.8, 4) is 5.75 Å². The number of halogens is 1. The predicted octanol–water partition coefficient (Wildman–Crippen LogP) is 5.33. The van der Waals surface area contributed by atoms with Crippen molar-refractivity contribution in [2.45, 2.75) is 33.9 Å². The number of aryl methyl sites for hydroxylation is 3. The maximum absolute atomic E-state index is 12.8. The summed E-state index contributed by atoms with van der Waals surface area (Å²) in [4.78, 5) is 12.8. The highest BCUT2D eigenvalue weighted by Gasteiger charge is 2.21. The zero-order chi connectivity index (χ0) is 22.7. The van der Waals surface area contributed by atoms with Crippen LogP contribution in [-0.4, -0.2) is 20.8 Å². The van der Waals surface area contributed by atoms with Gasteiger partial charge in [-0.05, 0) is 50.1 Å². The summed E-state index contributed by atoms with van der Waals surface area (Å²) in [5, 5.41) is 11.7. The van der Waals surface area contributed by atoms with Crippen molar-refractivity contribution >= 4 is 23.2 Å². The van der Waals surface area contributed by atoms with Crippen LogP contribution >= 0.6 is 11.6 Å². The highest BCUT2D eigenvalue weighted by molar-refractivity contribution is 6.30. The van der Waals surface area contributed by atoms with Crippen molar-refractivity contribution in [3.63, 3.8) is 0 Å². The fraction of sp³-hybridized carbons (Fsp3) is 0.208. The number of hydrogen-bond acceptors (Lipinski definition) is 5. The summed E-state index contributed by atoms with van der Waals surface area (Å²) in [6.45, 7) is 6.48. The molecule has 4 aromatic rings. The van der Waals surface area contributed by atoms with Crippen LogP contribution in [0.5, 0.6) is 5.75 Å². The van der Waals surface area contributed by atoms with Gasteiger partial charge in [-0.1, -0.05) is 46.6 Å².